The maximum atomic E-state index is 13.8. The third-order valence-corrected chi connectivity index (χ3v) is 5.78. The molecule has 0 aromatic heterocycles. The molecule has 5 nitrogen and oxygen atoms in total. The van der Waals surface area contributed by atoms with Gasteiger partial charge in [-0.15, -0.1) is 0 Å². The van der Waals surface area contributed by atoms with E-state index in [1.165, 1.54) is 0 Å². The highest BCUT2D eigenvalue weighted by Crippen LogP contribution is 2.42. The summed E-state index contributed by atoms with van der Waals surface area (Å²) in [5.41, 5.74) is 3.20. The second-order valence-corrected chi connectivity index (χ2v) is 7.79. The van der Waals surface area contributed by atoms with E-state index in [0.29, 0.717) is 17.7 Å². The average Bonchev–Trinajstić information content (AvgIpc) is 2.79. The number of anilines is 2. The Morgan fingerprint density at radius 3 is 2.39 bits per heavy atom. The summed E-state index contributed by atoms with van der Waals surface area (Å²) < 4.78 is 5.33. The molecule has 1 heterocycles. The van der Waals surface area contributed by atoms with Crippen LogP contribution in [0.25, 0.3) is 0 Å². The summed E-state index contributed by atoms with van der Waals surface area (Å²) >= 11 is 0. The van der Waals surface area contributed by atoms with Crippen LogP contribution in [-0.2, 0) is 4.79 Å². The van der Waals surface area contributed by atoms with Crippen LogP contribution in [0.5, 0.6) is 5.75 Å². The molecule has 2 amide bonds. The van der Waals surface area contributed by atoms with Gasteiger partial charge in [-0.1, -0.05) is 42.5 Å². The van der Waals surface area contributed by atoms with Gasteiger partial charge in [-0.2, -0.15) is 0 Å². The fraction of sp³-hybridized carbons (Fsp3) is 0.231. The first-order valence-electron chi connectivity index (χ1n) is 10.4. The highest BCUT2D eigenvalue weighted by molar-refractivity contribution is 6.07. The maximum absolute atomic E-state index is 13.8. The molecule has 0 unspecified atom stereocenters. The van der Waals surface area contributed by atoms with Gasteiger partial charge < -0.3 is 14.5 Å². The molecule has 1 aliphatic rings. The van der Waals surface area contributed by atoms with Gasteiger partial charge in [0.15, 0.2) is 0 Å². The molecule has 2 atom stereocenters. The number of fused-ring (bicyclic) bond motifs is 1. The van der Waals surface area contributed by atoms with Gasteiger partial charge >= 0.3 is 0 Å². The predicted octanol–water partition coefficient (Wildman–Crippen LogP) is 5.23. The second-order valence-electron chi connectivity index (χ2n) is 7.79. The van der Waals surface area contributed by atoms with Crippen LogP contribution in [-0.4, -0.2) is 25.0 Å². The number of hydrogen-bond donors (Lipinski definition) is 0. The third kappa shape index (κ3) is 3.91. The van der Waals surface area contributed by atoms with Crippen molar-refractivity contribution in [1.29, 1.82) is 0 Å². The molecule has 0 saturated carbocycles. The minimum atomic E-state index is -0.206. The Morgan fingerprint density at radius 2 is 1.68 bits per heavy atom. The van der Waals surface area contributed by atoms with E-state index >= 15 is 0 Å². The Hall–Kier alpha value is -3.60. The maximum Gasteiger partial charge on any atom is 0.258 e. The Bertz CT molecular complexity index is 1100. The van der Waals surface area contributed by atoms with Crippen molar-refractivity contribution in [1.82, 2.24) is 0 Å². The highest BCUT2D eigenvalue weighted by atomic mass is 16.5. The molecule has 31 heavy (non-hydrogen) atoms. The van der Waals surface area contributed by atoms with Crippen LogP contribution in [0, 0.1) is 0 Å². The van der Waals surface area contributed by atoms with Crippen LogP contribution >= 0.6 is 0 Å². The number of benzene rings is 3. The SMILES string of the molecule is COc1cccc(C(=O)N(c2ccccc2)[C@@H]2C[C@H](C)N(C(C)=O)c3ccccc32)c1. The molecule has 3 aromatic rings. The molecule has 3 aromatic carbocycles. The molecule has 158 valence electrons. The monoisotopic (exact) mass is 414 g/mol. The summed E-state index contributed by atoms with van der Waals surface area (Å²) in [5.74, 6) is 0.538. The van der Waals surface area contributed by atoms with E-state index in [1.807, 2.05) is 83.5 Å². The van der Waals surface area contributed by atoms with Crippen molar-refractivity contribution >= 4 is 23.2 Å². The number of hydrogen-bond acceptors (Lipinski definition) is 3. The van der Waals surface area contributed by atoms with E-state index in [0.717, 1.165) is 16.9 Å². The molecule has 5 heteroatoms. The minimum Gasteiger partial charge on any atom is -0.497 e. The van der Waals surface area contributed by atoms with E-state index in [9.17, 15) is 9.59 Å². The number of methoxy groups -OCH3 is 1. The summed E-state index contributed by atoms with van der Waals surface area (Å²) in [4.78, 5) is 29.9. The van der Waals surface area contributed by atoms with Gasteiger partial charge in [-0.3, -0.25) is 9.59 Å². The van der Waals surface area contributed by atoms with Gasteiger partial charge in [-0.25, -0.2) is 0 Å². The van der Waals surface area contributed by atoms with Gasteiger partial charge in [0.2, 0.25) is 5.91 Å². The van der Waals surface area contributed by atoms with Gasteiger partial charge in [0, 0.05) is 29.9 Å². The summed E-state index contributed by atoms with van der Waals surface area (Å²) in [6.45, 7) is 3.62. The fourth-order valence-corrected chi connectivity index (χ4v) is 4.43. The zero-order valence-corrected chi connectivity index (χ0v) is 18.0. The molecule has 0 fully saturated rings. The van der Waals surface area contributed by atoms with Crippen molar-refractivity contribution in [2.24, 2.45) is 0 Å². The first-order valence-corrected chi connectivity index (χ1v) is 10.4. The van der Waals surface area contributed by atoms with Crippen molar-refractivity contribution in [3.05, 3.63) is 90.0 Å². The predicted molar refractivity (Wildman–Crippen MR) is 123 cm³/mol. The number of carbonyl (C=O) groups excluding carboxylic acids is 2. The smallest absolute Gasteiger partial charge is 0.258 e. The summed E-state index contributed by atoms with van der Waals surface area (Å²) in [6, 6.07) is 24.5. The number of rotatable bonds is 4. The molecule has 1 aliphatic heterocycles. The lowest BCUT2D eigenvalue weighted by molar-refractivity contribution is -0.117. The van der Waals surface area contributed by atoms with Crippen LogP contribution in [0.15, 0.2) is 78.9 Å². The molecular weight excluding hydrogens is 388 g/mol. The molecule has 0 saturated heterocycles. The van der Waals surface area contributed by atoms with Gasteiger partial charge in [-0.05, 0) is 55.3 Å². The Kier molecular flexibility index (Phi) is 5.76. The molecular formula is C26H26N2O3. The Labute approximate surface area is 182 Å². The number of nitrogens with zero attached hydrogens (tertiary/aromatic N) is 2. The van der Waals surface area contributed by atoms with Gasteiger partial charge in [0.05, 0.1) is 13.2 Å². The summed E-state index contributed by atoms with van der Waals surface area (Å²) in [5, 5.41) is 0. The van der Waals surface area contributed by atoms with Crippen molar-refractivity contribution in [3.63, 3.8) is 0 Å². The molecule has 0 N–H and O–H groups in total. The van der Waals surface area contributed by atoms with Crippen LogP contribution in [0.4, 0.5) is 11.4 Å². The quantitative estimate of drug-likeness (QED) is 0.587. The number of para-hydroxylation sites is 2. The zero-order valence-electron chi connectivity index (χ0n) is 18.0. The van der Waals surface area contributed by atoms with E-state index in [-0.39, 0.29) is 23.9 Å². The summed E-state index contributed by atoms with van der Waals surface area (Å²) in [6.07, 6.45) is 0.640. The third-order valence-electron chi connectivity index (χ3n) is 5.78. The lowest BCUT2D eigenvalue weighted by atomic mass is 9.89. The van der Waals surface area contributed by atoms with Crippen LogP contribution in [0.3, 0.4) is 0 Å². The van der Waals surface area contributed by atoms with E-state index < -0.39 is 0 Å². The standard InChI is InChI=1S/C26H26N2O3/c1-18-16-25(23-14-7-8-15-24(23)27(18)19(2)29)28(21-11-5-4-6-12-21)26(30)20-10-9-13-22(17-20)31-3/h4-15,17-18,25H,16H2,1-3H3/t18-,25+/m0/s1. The van der Waals surface area contributed by atoms with Gasteiger partial charge in [0.1, 0.15) is 5.75 Å². The van der Waals surface area contributed by atoms with Crippen molar-refractivity contribution in [2.45, 2.75) is 32.4 Å². The van der Waals surface area contributed by atoms with Crippen LogP contribution in [0.2, 0.25) is 0 Å². The molecule has 0 bridgehead atoms. The molecule has 4 rings (SSSR count). The number of ether oxygens (including phenoxy) is 1. The largest absolute Gasteiger partial charge is 0.497 e. The Morgan fingerprint density at radius 1 is 0.968 bits per heavy atom. The lowest BCUT2D eigenvalue weighted by Gasteiger charge is -2.43. The van der Waals surface area contributed by atoms with Crippen LogP contribution < -0.4 is 14.5 Å². The highest BCUT2D eigenvalue weighted by Gasteiger charge is 2.37. The topological polar surface area (TPSA) is 49.9 Å². The molecule has 0 aliphatic carbocycles. The van der Waals surface area contributed by atoms with Crippen molar-refractivity contribution in [3.8, 4) is 5.75 Å². The van der Waals surface area contributed by atoms with Gasteiger partial charge in [0.25, 0.3) is 5.91 Å². The normalized spacial score (nSPS) is 17.6. The number of amides is 2. The minimum absolute atomic E-state index is 0.00350. The van der Waals surface area contributed by atoms with Crippen molar-refractivity contribution < 1.29 is 14.3 Å². The number of carbonyl (C=O) groups is 2. The first-order chi connectivity index (χ1) is 15.0. The average molecular weight is 415 g/mol. The molecule has 0 spiro atoms. The van der Waals surface area contributed by atoms with E-state index in [2.05, 4.69) is 0 Å². The van der Waals surface area contributed by atoms with Crippen molar-refractivity contribution in [2.75, 3.05) is 16.9 Å². The van der Waals surface area contributed by atoms with E-state index in [1.54, 1.807) is 26.2 Å². The lowest BCUT2D eigenvalue weighted by Crippen LogP contribution is -2.47. The molecule has 0 radical (unpaired) electrons. The summed E-state index contributed by atoms with van der Waals surface area (Å²) in [7, 11) is 1.59. The fourth-order valence-electron chi connectivity index (χ4n) is 4.43. The Balaban J connectivity index is 1.85. The van der Waals surface area contributed by atoms with E-state index in [4.69, 9.17) is 4.74 Å². The van der Waals surface area contributed by atoms with Crippen LogP contribution in [0.1, 0.15) is 42.2 Å². The first kappa shape index (κ1) is 20.7. The second kappa shape index (κ2) is 8.64. The zero-order chi connectivity index (χ0) is 22.0.